The van der Waals surface area contributed by atoms with Gasteiger partial charge >= 0.3 is 0 Å². The smallest absolute Gasteiger partial charge is 0.279 e. The fourth-order valence-electron chi connectivity index (χ4n) is 3.49. The fourth-order valence-corrected chi connectivity index (χ4v) is 4.50. The molecule has 31 heavy (non-hydrogen) atoms. The van der Waals surface area contributed by atoms with Crippen molar-refractivity contribution in [1.82, 2.24) is 25.5 Å². The molecule has 0 aliphatic heterocycles. The van der Waals surface area contributed by atoms with E-state index in [-0.39, 0.29) is 30.2 Å². The van der Waals surface area contributed by atoms with Crippen LogP contribution in [0.4, 0.5) is 4.39 Å². The number of carbonyl (C=O) groups excluding carboxylic acids is 2. The van der Waals surface area contributed by atoms with Gasteiger partial charge in [0.15, 0.2) is 0 Å². The largest absolute Gasteiger partial charge is 0.286 e. The van der Waals surface area contributed by atoms with Crippen LogP contribution in [0.5, 0.6) is 0 Å². The predicted octanol–water partition coefficient (Wildman–Crippen LogP) is 2.97. The van der Waals surface area contributed by atoms with Gasteiger partial charge in [0.2, 0.25) is 0 Å². The van der Waals surface area contributed by atoms with Crippen molar-refractivity contribution in [3.05, 3.63) is 75.0 Å². The number of hydrazine groups is 1. The Morgan fingerprint density at radius 2 is 2.03 bits per heavy atom. The molecule has 3 aromatic rings. The zero-order valence-corrected chi connectivity index (χ0v) is 18.8. The average molecular weight is 444 g/mol. The zero-order valence-electron chi connectivity index (χ0n) is 18.0. The van der Waals surface area contributed by atoms with Gasteiger partial charge in [0, 0.05) is 23.7 Å². The minimum Gasteiger partial charge on any atom is -0.286 e. The molecule has 0 aliphatic rings. The first-order valence-corrected chi connectivity index (χ1v) is 10.7. The van der Waals surface area contributed by atoms with E-state index in [0.29, 0.717) is 10.4 Å². The van der Waals surface area contributed by atoms with Crippen LogP contribution in [0.2, 0.25) is 0 Å². The lowest BCUT2D eigenvalue weighted by atomic mass is 10.00. The normalized spacial score (nSPS) is 12.1. The molecule has 0 saturated carbocycles. The number of amides is 2. The number of nitrogens with one attached hydrogen (secondary N) is 2. The van der Waals surface area contributed by atoms with Crippen molar-refractivity contribution in [2.45, 2.75) is 26.3 Å². The van der Waals surface area contributed by atoms with E-state index >= 15 is 0 Å². The Hall–Kier alpha value is -3.04. The summed E-state index contributed by atoms with van der Waals surface area (Å²) in [6.07, 6.45) is 4.38. The van der Waals surface area contributed by atoms with Crippen molar-refractivity contribution in [1.29, 1.82) is 0 Å². The molecule has 1 atom stereocenters. The molecule has 0 radical (unpaired) electrons. The third-order valence-corrected chi connectivity index (χ3v) is 6.30. The van der Waals surface area contributed by atoms with Crippen LogP contribution in [0.1, 0.15) is 44.2 Å². The van der Waals surface area contributed by atoms with Gasteiger partial charge in [-0.1, -0.05) is 19.1 Å². The Kier molecular flexibility index (Phi) is 7.19. The molecule has 0 spiro atoms. The number of thiophene rings is 1. The third-order valence-electron chi connectivity index (χ3n) is 4.92. The summed E-state index contributed by atoms with van der Waals surface area (Å²) >= 11 is 1.42. The van der Waals surface area contributed by atoms with E-state index in [1.165, 1.54) is 23.5 Å². The van der Waals surface area contributed by atoms with E-state index in [4.69, 9.17) is 0 Å². The van der Waals surface area contributed by atoms with Gasteiger partial charge in [0.1, 0.15) is 5.82 Å². The molecule has 164 valence electrons. The number of aromatic nitrogens is 2. The van der Waals surface area contributed by atoms with Crippen molar-refractivity contribution < 1.29 is 14.0 Å². The van der Waals surface area contributed by atoms with Crippen LogP contribution < -0.4 is 10.9 Å². The molecule has 7 nitrogen and oxygen atoms in total. The van der Waals surface area contributed by atoms with Gasteiger partial charge in [0.05, 0.1) is 23.7 Å². The first-order chi connectivity index (χ1) is 14.8. The molecule has 2 aromatic heterocycles. The number of benzene rings is 1. The summed E-state index contributed by atoms with van der Waals surface area (Å²) in [5, 5.41) is 4.20. The number of hydrogen-bond acceptors (Lipinski definition) is 5. The Morgan fingerprint density at radius 3 is 2.65 bits per heavy atom. The number of hydrogen-bond donors (Lipinski definition) is 2. The SMILES string of the molecule is CCc1sc(C(=O)NNC(=O)CN(C)C(c2cccc(F)c2)c2cnn(C)c2)cc1C. The summed E-state index contributed by atoms with van der Waals surface area (Å²) in [7, 11) is 3.56. The van der Waals surface area contributed by atoms with Gasteiger partial charge in [-0.25, -0.2) is 4.39 Å². The molecule has 2 heterocycles. The number of likely N-dealkylation sites (N-methyl/N-ethyl adjacent to an activating group) is 1. The van der Waals surface area contributed by atoms with Gasteiger partial charge in [-0.2, -0.15) is 5.10 Å². The molecule has 0 bridgehead atoms. The molecule has 0 aliphatic carbocycles. The third kappa shape index (κ3) is 5.56. The van der Waals surface area contributed by atoms with Gasteiger partial charge in [-0.3, -0.25) is 30.0 Å². The quantitative estimate of drug-likeness (QED) is 0.551. The lowest BCUT2D eigenvalue weighted by Crippen LogP contribution is -2.46. The maximum absolute atomic E-state index is 13.8. The van der Waals surface area contributed by atoms with E-state index in [9.17, 15) is 14.0 Å². The summed E-state index contributed by atoms with van der Waals surface area (Å²) in [6, 6.07) is 7.70. The van der Waals surface area contributed by atoms with E-state index < -0.39 is 0 Å². The summed E-state index contributed by atoms with van der Waals surface area (Å²) in [4.78, 5) is 28.3. The van der Waals surface area contributed by atoms with E-state index in [1.54, 1.807) is 42.0 Å². The number of rotatable bonds is 7. The van der Waals surface area contributed by atoms with Crippen molar-refractivity contribution in [3.8, 4) is 0 Å². The highest BCUT2D eigenvalue weighted by Gasteiger charge is 2.23. The van der Waals surface area contributed by atoms with Crippen LogP contribution in [0.3, 0.4) is 0 Å². The summed E-state index contributed by atoms with van der Waals surface area (Å²) in [5.41, 5.74) is 7.53. The molecule has 0 fully saturated rings. The Balaban J connectivity index is 1.67. The molecule has 2 amide bonds. The van der Waals surface area contributed by atoms with E-state index in [1.807, 2.05) is 26.1 Å². The van der Waals surface area contributed by atoms with Crippen molar-refractivity contribution >= 4 is 23.2 Å². The van der Waals surface area contributed by atoms with Crippen molar-refractivity contribution in [3.63, 3.8) is 0 Å². The van der Waals surface area contributed by atoms with Crippen LogP contribution in [0, 0.1) is 12.7 Å². The topological polar surface area (TPSA) is 79.3 Å². The second-order valence-electron chi connectivity index (χ2n) is 7.39. The Labute approximate surface area is 184 Å². The standard InChI is InChI=1S/C22H26FN5O2S/c1-5-18-14(2)9-19(31-18)22(30)26-25-20(29)13-27(3)21(16-11-24-28(4)12-16)15-7-6-8-17(23)10-15/h6-12,21H,5,13H2,1-4H3,(H,25,29)(H,26,30). The van der Waals surface area contributed by atoms with Crippen LogP contribution in [0.25, 0.3) is 0 Å². The lowest BCUT2D eigenvalue weighted by Gasteiger charge is -2.27. The van der Waals surface area contributed by atoms with Crippen LogP contribution in [-0.4, -0.2) is 40.1 Å². The van der Waals surface area contributed by atoms with Gasteiger partial charge in [0.25, 0.3) is 11.8 Å². The highest BCUT2D eigenvalue weighted by molar-refractivity contribution is 7.14. The van der Waals surface area contributed by atoms with Crippen molar-refractivity contribution in [2.75, 3.05) is 13.6 Å². The van der Waals surface area contributed by atoms with E-state index in [0.717, 1.165) is 22.4 Å². The summed E-state index contributed by atoms with van der Waals surface area (Å²) < 4.78 is 15.5. The lowest BCUT2D eigenvalue weighted by molar-refractivity contribution is -0.123. The first-order valence-electron chi connectivity index (χ1n) is 9.91. The number of carbonyl (C=O) groups is 2. The molecular weight excluding hydrogens is 417 g/mol. The number of halogens is 1. The average Bonchev–Trinajstić information content (AvgIpc) is 3.31. The zero-order chi connectivity index (χ0) is 22.5. The van der Waals surface area contributed by atoms with Crippen LogP contribution in [0.15, 0.2) is 42.7 Å². The molecule has 9 heteroatoms. The monoisotopic (exact) mass is 443 g/mol. The Bertz CT molecular complexity index is 1080. The second-order valence-corrected chi connectivity index (χ2v) is 8.53. The minimum absolute atomic E-state index is 0.0139. The first kappa shape index (κ1) is 22.6. The molecule has 1 unspecified atom stereocenters. The molecular formula is C22H26FN5O2S. The number of aryl methyl sites for hydroxylation is 3. The van der Waals surface area contributed by atoms with Gasteiger partial charge in [-0.15, -0.1) is 11.3 Å². The maximum Gasteiger partial charge on any atom is 0.279 e. The van der Waals surface area contributed by atoms with Gasteiger partial charge in [-0.05, 0) is 49.7 Å². The van der Waals surface area contributed by atoms with Gasteiger partial charge < -0.3 is 0 Å². The van der Waals surface area contributed by atoms with Crippen LogP contribution in [-0.2, 0) is 18.3 Å². The summed E-state index contributed by atoms with van der Waals surface area (Å²) in [6.45, 7) is 3.99. The van der Waals surface area contributed by atoms with Crippen LogP contribution >= 0.6 is 11.3 Å². The maximum atomic E-state index is 13.8. The molecule has 2 N–H and O–H groups in total. The highest BCUT2D eigenvalue weighted by Crippen LogP contribution is 2.27. The highest BCUT2D eigenvalue weighted by atomic mass is 32.1. The fraction of sp³-hybridized carbons (Fsp3) is 0.318. The van der Waals surface area contributed by atoms with Crippen molar-refractivity contribution in [2.24, 2.45) is 7.05 Å². The second kappa shape index (κ2) is 9.84. The molecule has 1 aromatic carbocycles. The number of nitrogens with zero attached hydrogens (tertiary/aromatic N) is 3. The molecule has 3 rings (SSSR count). The van der Waals surface area contributed by atoms with E-state index in [2.05, 4.69) is 16.0 Å². The minimum atomic E-state index is -0.384. The summed E-state index contributed by atoms with van der Waals surface area (Å²) in [5.74, 6) is -1.09. The Morgan fingerprint density at radius 1 is 1.26 bits per heavy atom. The molecule has 0 saturated heterocycles. The predicted molar refractivity (Wildman–Crippen MR) is 118 cm³/mol.